The Balaban J connectivity index is 3.96. The van der Waals surface area contributed by atoms with Gasteiger partial charge in [0.25, 0.3) is 0 Å². The van der Waals surface area contributed by atoms with Crippen LogP contribution in [-0.2, 0) is 28.6 Å². The maximum Gasteiger partial charge on any atom is 0.306 e. The fraction of sp³-hybridized carbons (Fsp3) is 0.926. The monoisotopic (exact) mass is 1040 g/mol. The third kappa shape index (κ3) is 61.0. The molecule has 1 unspecified atom stereocenters. The van der Waals surface area contributed by atoms with Gasteiger partial charge in [0.2, 0.25) is 0 Å². The predicted octanol–water partition coefficient (Wildman–Crippen LogP) is 22.8. The summed E-state index contributed by atoms with van der Waals surface area (Å²) in [6, 6.07) is 0. The summed E-state index contributed by atoms with van der Waals surface area (Å²) in [6.07, 6.45) is 75.6. The maximum absolute atomic E-state index is 12.8. The summed E-state index contributed by atoms with van der Waals surface area (Å²) in [5.41, 5.74) is 0. The fourth-order valence-electron chi connectivity index (χ4n) is 10.4. The highest BCUT2D eigenvalue weighted by molar-refractivity contribution is 5.71. The Kier molecular flexibility index (Phi) is 62.1. The average Bonchev–Trinajstić information content (AvgIpc) is 3.40. The summed E-state index contributed by atoms with van der Waals surface area (Å²) in [4.78, 5) is 38.1. The van der Waals surface area contributed by atoms with Crippen LogP contribution in [0, 0.1) is 0 Å². The van der Waals surface area contributed by atoms with Crippen molar-refractivity contribution in [3.63, 3.8) is 0 Å². The molecule has 0 aromatic carbocycles. The van der Waals surface area contributed by atoms with Gasteiger partial charge in [-0.1, -0.05) is 335 Å². The fourth-order valence-corrected chi connectivity index (χ4v) is 10.4. The van der Waals surface area contributed by atoms with E-state index < -0.39 is 6.10 Å². The zero-order valence-electron chi connectivity index (χ0n) is 50.4. The number of carbonyl (C=O) groups is 3. The molecular formula is C68H130O6. The largest absolute Gasteiger partial charge is 0.462 e. The Hall–Kier alpha value is -1.85. The molecule has 0 rings (SSSR count). The van der Waals surface area contributed by atoms with Gasteiger partial charge in [-0.15, -0.1) is 0 Å². The van der Waals surface area contributed by atoms with E-state index in [1.54, 1.807) is 0 Å². The molecule has 1 atom stereocenters. The minimum Gasteiger partial charge on any atom is -0.462 e. The van der Waals surface area contributed by atoms with Gasteiger partial charge < -0.3 is 14.2 Å². The molecule has 0 aliphatic rings. The Morgan fingerprint density at radius 3 is 0.676 bits per heavy atom. The van der Waals surface area contributed by atoms with Crippen molar-refractivity contribution in [2.75, 3.05) is 13.2 Å². The van der Waals surface area contributed by atoms with E-state index in [-0.39, 0.29) is 31.1 Å². The molecule has 6 nitrogen and oxygen atoms in total. The lowest BCUT2D eigenvalue weighted by atomic mass is 10.0. The number of unbranched alkanes of at least 4 members (excludes halogenated alkanes) is 50. The molecule has 0 spiro atoms. The van der Waals surface area contributed by atoms with Crippen LogP contribution < -0.4 is 0 Å². The van der Waals surface area contributed by atoms with Crippen LogP contribution in [0.15, 0.2) is 12.2 Å². The second-order valence-corrected chi connectivity index (χ2v) is 23.1. The lowest BCUT2D eigenvalue weighted by Gasteiger charge is -2.18. The third-order valence-corrected chi connectivity index (χ3v) is 15.5. The standard InChI is InChI=1S/C68H130O6/c1-4-7-10-13-16-19-21-23-25-26-27-28-29-30-31-32-33-34-35-36-37-38-39-40-41-42-43-45-46-49-52-55-58-61-67(70)73-64-65(63-72-66(69)60-57-54-51-48-18-15-12-9-6-3)74-68(71)62-59-56-53-50-47-44-24-22-20-17-14-11-8-5-2/h22,24,65H,4-21,23,25-64H2,1-3H3/b24-22-. The summed E-state index contributed by atoms with van der Waals surface area (Å²) < 4.78 is 16.9. The van der Waals surface area contributed by atoms with Gasteiger partial charge in [-0.2, -0.15) is 0 Å². The average molecular weight is 1040 g/mol. The van der Waals surface area contributed by atoms with Crippen molar-refractivity contribution in [3.8, 4) is 0 Å². The summed E-state index contributed by atoms with van der Waals surface area (Å²) in [5, 5.41) is 0. The Labute approximate surface area is 462 Å². The Morgan fingerprint density at radius 2 is 0.446 bits per heavy atom. The summed E-state index contributed by atoms with van der Waals surface area (Å²) in [5.74, 6) is -0.854. The summed E-state index contributed by atoms with van der Waals surface area (Å²) >= 11 is 0. The maximum atomic E-state index is 12.8. The highest BCUT2D eigenvalue weighted by Gasteiger charge is 2.19. The number of allylic oxidation sites excluding steroid dienone is 2. The highest BCUT2D eigenvalue weighted by Crippen LogP contribution is 2.19. The smallest absolute Gasteiger partial charge is 0.306 e. The van der Waals surface area contributed by atoms with Crippen LogP contribution in [0.2, 0.25) is 0 Å². The number of rotatable bonds is 63. The molecule has 0 heterocycles. The topological polar surface area (TPSA) is 78.9 Å². The van der Waals surface area contributed by atoms with Gasteiger partial charge in [-0.05, 0) is 44.9 Å². The van der Waals surface area contributed by atoms with Gasteiger partial charge >= 0.3 is 17.9 Å². The van der Waals surface area contributed by atoms with E-state index in [0.29, 0.717) is 19.3 Å². The van der Waals surface area contributed by atoms with Crippen molar-refractivity contribution < 1.29 is 28.6 Å². The summed E-state index contributed by atoms with van der Waals surface area (Å²) in [6.45, 7) is 6.67. The molecule has 0 radical (unpaired) electrons. The molecule has 0 amide bonds. The summed E-state index contributed by atoms with van der Waals surface area (Å²) in [7, 11) is 0. The Morgan fingerprint density at radius 1 is 0.257 bits per heavy atom. The van der Waals surface area contributed by atoms with E-state index in [1.807, 2.05) is 0 Å². The lowest BCUT2D eigenvalue weighted by Crippen LogP contribution is -2.30. The minimum atomic E-state index is -0.768. The molecule has 0 saturated heterocycles. The van der Waals surface area contributed by atoms with Crippen LogP contribution in [0.1, 0.15) is 387 Å². The van der Waals surface area contributed by atoms with Crippen LogP contribution in [0.5, 0.6) is 0 Å². The van der Waals surface area contributed by atoms with Crippen LogP contribution in [0.3, 0.4) is 0 Å². The highest BCUT2D eigenvalue weighted by atomic mass is 16.6. The van der Waals surface area contributed by atoms with Crippen molar-refractivity contribution in [3.05, 3.63) is 12.2 Å². The van der Waals surface area contributed by atoms with Crippen LogP contribution >= 0.6 is 0 Å². The van der Waals surface area contributed by atoms with E-state index in [2.05, 4.69) is 32.9 Å². The van der Waals surface area contributed by atoms with Crippen molar-refractivity contribution in [2.45, 2.75) is 393 Å². The van der Waals surface area contributed by atoms with Gasteiger partial charge in [-0.25, -0.2) is 0 Å². The zero-order valence-corrected chi connectivity index (χ0v) is 50.4. The first kappa shape index (κ1) is 72.2. The number of hydrogen-bond donors (Lipinski definition) is 0. The molecule has 0 N–H and O–H groups in total. The van der Waals surface area contributed by atoms with Crippen molar-refractivity contribution in [1.29, 1.82) is 0 Å². The van der Waals surface area contributed by atoms with Crippen LogP contribution in [0.25, 0.3) is 0 Å². The number of carbonyl (C=O) groups excluding carboxylic acids is 3. The van der Waals surface area contributed by atoms with Crippen molar-refractivity contribution >= 4 is 17.9 Å². The van der Waals surface area contributed by atoms with Crippen molar-refractivity contribution in [1.82, 2.24) is 0 Å². The van der Waals surface area contributed by atoms with Gasteiger partial charge in [0.1, 0.15) is 13.2 Å². The normalized spacial score (nSPS) is 12.0. The predicted molar refractivity (Wildman–Crippen MR) is 321 cm³/mol. The molecule has 0 saturated carbocycles. The van der Waals surface area contributed by atoms with Crippen LogP contribution in [-0.4, -0.2) is 37.2 Å². The second-order valence-electron chi connectivity index (χ2n) is 23.1. The molecule has 0 aromatic heterocycles. The molecule has 0 aromatic rings. The van der Waals surface area contributed by atoms with E-state index in [1.165, 1.54) is 283 Å². The quantitative estimate of drug-likeness (QED) is 0.0261. The number of ether oxygens (including phenoxy) is 3. The molecule has 74 heavy (non-hydrogen) atoms. The zero-order chi connectivity index (χ0) is 53.6. The van der Waals surface area contributed by atoms with E-state index >= 15 is 0 Å². The van der Waals surface area contributed by atoms with Gasteiger partial charge in [0.05, 0.1) is 0 Å². The number of esters is 3. The molecule has 6 heteroatoms. The minimum absolute atomic E-state index is 0.0677. The molecule has 0 bridgehead atoms. The second kappa shape index (κ2) is 63.7. The van der Waals surface area contributed by atoms with E-state index in [0.717, 1.165) is 64.2 Å². The van der Waals surface area contributed by atoms with Gasteiger partial charge in [0.15, 0.2) is 6.10 Å². The third-order valence-electron chi connectivity index (χ3n) is 15.5. The first-order valence-corrected chi connectivity index (χ1v) is 33.7. The molecule has 438 valence electrons. The van der Waals surface area contributed by atoms with E-state index in [4.69, 9.17) is 14.2 Å². The molecule has 0 aliphatic carbocycles. The molecule has 0 fully saturated rings. The Bertz CT molecular complexity index is 1150. The lowest BCUT2D eigenvalue weighted by molar-refractivity contribution is -0.167. The van der Waals surface area contributed by atoms with Crippen LogP contribution in [0.4, 0.5) is 0 Å². The SMILES string of the molecule is CCCCCCC/C=C\CCCCCCCC(=O)OC(COC(=O)CCCCCCCCCCC)COC(=O)CCCCCCCCCCCCCCCCCCCCCCCCCCCCCCCCCCC. The van der Waals surface area contributed by atoms with Crippen molar-refractivity contribution in [2.24, 2.45) is 0 Å². The molecule has 0 aliphatic heterocycles. The van der Waals surface area contributed by atoms with Gasteiger partial charge in [0, 0.05) is 19.3 Å². The number of hydrogen-bond acceptors (Lipinski definition) is 6. The first-order valence-electron chi connectivity index (χ1n) is 33.7. The first-order chi connectivity index (χ1) is 36.5. The van der Waals surface area contributed by atoms with E-state index in [9.17, 15) is 14.4 Å². The van der Waals surface area contributed by atoms with Gasteiger partial charge in [-0.3, -0.25) is 14.4 Å². The molecular weight excluding hydrogens is 913 g/mol.